The second kappa shape index (κ2) is 5.43. The summed E-state index contributed by atoms with van der Waals surface area (Å²) in [5.41, 5.74) is 1.94. The highest BCUT2D eigenvalue weighted by molar-refractivity contribution is 9.10. The van der Waals surface area contributed by atoms with E-state index in [2.05, 4.69) is 28.2 Å². The van der Waals surface area contributed by atoms with Crippen molar-refractivity contribution in [3.8, 4) is 0 Å². The number of nitrogens with one attached hydrogen (secondary N) is 1. The van der Waals surface area contributed by atoms with Crippen LogP contribution in [0.4, 0.5) is 5.69 Å². The van der Waals surface area contributed by atoms with E-state index in [4.69, 9.17) is 0 Å². The van der Waals surface area contributed by atoms with Crippen LogP contribution in [0, 0.1) is 12.3 Å². The number of carbonyl (C=O) groups is 1. The molecule has 1 aromatic carbocycles. The predicted molar refractivity (Wildman–Crippen MR) is 78.7 cm³/mol. The Morgan fingerprint density at radius 2 is 2.06 bits per heavy atom. The highest BCUT2D eigenvalue weighted by atomic mass is 79.9. The van der Waals surface area contributed by atoms with Gasteiger partial charge in [0.25, 0.3) is 0 Å². The summed E-state index contributed by atoms with van der Waals surface area (Å²) >= 11 is 3.50. The van der Waals surface area contributed by atoms with Crippen LogP contribution in [0.2, 0.25) is 0 Å². The van der Waals surface area contributed by atoms with Crippen molar-refractivity contribution in [1.82, 2.24) is 0 Å². The first-order chi connectivity index (χ1) is 8.57. The molecule has 0 saturated heterocycles. The summed E-state index contributed by atoms with van der Waals surface area (Å²) < 4.78 is 1.04. The molecule has 98 valence electrons. The molecule has 1 saturated carbocycles. The van der Waals surface area contributed by atoms with Gasteiger partial charge < -0.3 is 5.32 Å². The van der Waals surface area contributed by atoms with Crippen LogP contribution in [0.1, 0.15) is 44.6 Å². The maximum atomic E-state index is 12.4. The van der Waals surface area contributed by atoms with Crippen molar-refractivity contribution in [2.24, 2.45) is 5.41 Å². The van der Waals surface area contributed by atoms with Crippen LogP contribution in [-0.2, 0) is 4.79 Å². The van der Waals surface area contributed by atoms with Crippen molar-refractivity contribution >= 4 is 27.5 Å². The molecule has 0 aliphatic heterocycles. The summed E-state index contributed by atoms with van der Waals surface area (Å²) in [7, 11) is 0. The molecule has 18 heavy (non-hydrogen) atoms. The smallest absolute Gasteiger partial charge is 0.230 e. The summed E-state index contributed by atoms with van der Waals surface area (Å²) in [5.74, 6) is 0.193. The van der Waals surface area contributed by atoms with Crippen LogP contribution in [0.25, 0.3) is 0 Å². The SMILES string of the molecule is CCC1(C(=O)Nc2ccc(C)c(Br)c2)CCCC1. The number of hydrogen-bond donors (Lipinski definition) is 1. The van der Waals surface area contributed by atoms with Gasteiger partial charge in [-0.15, -0.1) is 0 Å². The molecule has 0 aromatic heterocycles. The number of hydrogen-bond acceptors (Lipinski definition) is 1. The van der Waals surface area contributed by atoms with E-state index in [0.717, 1.165) is 29.4 Å². The Morgan fingerprint density at radius 3 is 2.61 bits per heavy atom. The number of amides is 1. The zero-order valence-electron chi connectivity index (χ0n) is 11.1. The molecule has 1 amide bonds. The lowest BCUT2D eigenvalue weighted by molar-refractivity contribution is -0.125. The first-order valence-electron chi connectivity index (χ1n) is 6.65. The monoisotopic (exact) mass is 309 g/mol. The molecule has 1 fully saturated rings. The molecule has 0 radical (unpaired) electrons. The molecule has 3 heteroatoms. The molecule has 2 rings (SSSR count). The van der Waals surface area contributed by atoms with Gasteiger partial charge in [-0.1, -0.05) is 41.8 Å². The van der Waals surface area contributed by atoms with Crippen molar-refractivity contribution in [1.29, 1.82) is 0 Å². The van der Waals surface area contributed by atoms with Crippen LogP contribution >= 0.6 is 15.9 Å². The Hall–Kier alpha value is -0.830. The minimum atomic E-state index is -0.128. The van der Waals surface area contributed by atoms with E-state index >= 15 is 0 Å². The van der Waals surface area contributed by atoms with Crippen molar-refractivity contribution in [2.45, 2.75) is 46.0 Å². The Morgan fingerprint density at radius 1 is 1.39 bits per heavy atom. The van der Waals surface area contributed by atoms with Crippen molar-refractivity contribution in [3.63, 3.8) is 0 Å². The standard InChI is InChI=1S/C15H20BrNO/c1-3-15(8-4-5-9-15)14(18)17-12-7-6-11(2)13(16)10-12/h6-7,10H,3-5,8-9H2,1-2H3,(H,17,18). The van der Waals surface area contributed by atoms with Gasteiger partial charge in [0, 0.05) is 15.6 Å². The zero-order valence-corrected chi connectivity index (χ0v) is 12.6. The summed E-state index contributed by atoms with van der Waals surface area (Å²) in [6, 6.07) is 5.97. The fraction of sp³-hybridized carbons (Fsp3) is 0.533. The van der Waals surface area contributed by atoms with Gasteiger partial charge in [0.2, 0.25) is 5.91 Å². The van der Waals surface area contributed by atoms with Crippen LogP contribution in [0.5, 0.6) is 0 Å². The first-order valence-corrected chi connectivity index (χ1v) is 7.44. The van der Waals surface area contributed by atoms with E-state index in [-0.39, 0.29) is 11.3 Å². The van der Waals surface area contributed by atoms with Gasteiger partial charge in [-0.05, 0) is 43.9 Å². The normalized spacial score (nSPS) is 17.7. The van der Waals surface area contributed by atoms with E-state index in [1.165, 1.54) is 18.4 Å². The molecule has 1 N–H and O–H groups in total. The third-order valence-electron chi connectivity index (χ3n) is 4.15. The predicted octanol–water partition coefficient (Wildman–Crippen LogP) is 4.67. The van der Waals surface area contributed by atoms with Gasteiger partial charge >= 0.3 is 0 Å². The van der Waals surface area contributed by atoms with E-state index in [1.54, 1.807) is 0 Å². The van der Waals surface area contributed by atoms with E-state index in [1.807, 2.05) is 25.1 Å². The molecule has 2 nitrogen and oxygen atoms in total. The van der Waals surface area contributed by atoms with Gasteiger partial charge in [-0.25, -0.2) is 0 Å². The Bertz CT molecular complexity index is 450. The molecule has 1 aliphatic carbocycles. The van der Waals surface area contributed by atoms with E-state index in [0.29, 0.717) is 0 Å². The summed E-state index contributed by atoms with van der Waals surface area (Å²) in [6.45, 7) is 4.16. The van der Waals surface area contributed by atoms with Crippen LogP contribution in [0.3, 0.4) is 0 Å². The van der Waals surface area contributed by atoms with Gasteiger partial charge in [0.1, 0.15) is 0 Å². The number of rotatable bonds is 3. The van der Waals surface area contributed by atoms with Gasteiger partial charge in [0.15, 0.2) is 0 Å². The summed E-state index contributed by atoms with van der Waals surface area (Å²) in [4.78, 5) is 12.4. The minimum absolute atomic E-state index is 0.128. The second-order valence-corrected chi connectivity index (χ2v) is 6.11. The number of benzene rings is 1. The molecule has 0 bridgehead atoms. The van der Waals surface area contributed by atoms with Crippen LogP contribution in [0.15, 0.2) is 22.7 Å². The fourth-order valence-corrected chi connectivity index (χ4v) is 3.11. The van der Waals surface area contributed by atoms with E-state index in [9.17, 15) is 4.79 Å². The number of aryl methyl sites for hydroxylation is 1. The lowest BCUT2D eigenvalue weighted by Crippen LogP contribution is -2.33. The second-order valence-electron chi connectivity index (χ2n) is 5.26. The first kappa shape index (κ1) is 13.6. The average molecular weight is 310 g/mol. The van der Waals surface area contributed by atoms with E-state index < -0.39 is 0 Å². The third kappa shape index (κ3) is 2.61. The van der Waals surface area contributed by atoms with Gasteiger partial charge in [-0.3, -0.25) is 4.79 Å². The number of anilines is 1. The Kier molecular flexibility index (Phi) is 4.10. The Labute approximate surface area is 117 Å². The highest BCUT2D eigenvalue weighted by Gasteiger charge is 2.39. The maximum Gasteiger partial charge on any atom is 0.230 e. The topological polar surface area (TPSA) is 29.1 Å². The summed E-state index contributed by atoms with van der Waals surface area (Å²) in [6.07, 6.45) is 5.36. The maximum absolute atomic E-state index is 12.4. The largest absolute Gasteiger partial charge is 0.326 e. The number of carbonyl (C=O) groups excluding carboxylic acids is 1. The lowest BCUT2D eigenvalue weighted by Gasteiger charge is -2.26. The minimum Gasteiger partial charge on any atom is -0.326 e. The quantitative estimate of drug-likeness (QED) is 0.864. The molecule has 0 spiro atoms. The molecule has 1 aromatic rings. The van der Waals surface area contributed by atoms with Crippen LogP contribution < -0.4 is 5.32 Å². The molecule has 0 atom stereocenters. The number of halogens is 1. The fourth-order valence-electron chi connectivity index (χ4n) is 2.73. The lowest BCUT2D eigenvalue weighted by atomic mass is 9.82. The molecule has 0 heterocycles. The summed E-state index contributed by atoms with van der Waals surface area (Å²) in [5, 5.41) is 3.07. The Balaban J connectivity index is 2.13. The molecular formula is C15H20BrNO. The molecule has 1 aliphatic rings. The van der Waals surface area contributed by atoms with Crippen molar-refractivity contribution in [3.05, 3.63) is 28.2 Å². The van der Waals surface area contributed by atoms with Crippen molar-refractivity contribution in [2.75, 3.05) is 5.32 Å². The molecule has 0 unspecified atom stereocenters. The average Bonchev–Trinajstić information content (AvgIpc) is 2.84. The highest BCUT2D eigenvalue weighted by Crippen LogP contribution is 2.41. The van der Waals surface area contributed by atoms with Gasteiger partial charge in [0.05, 0.1) is 0 Å². The van der Waals surface area contributed by atoms with Gasteiger partial charge in [-0.2, -0.15) is 0 Å². The van der Waals surface area contributed by atoms with Crippen LogP contribution in [-0.4, -0.2) is 5.91 Å². The zero-order chi connectivity index (χ0) is 13.2. The van der Waals surface area contributed by atoms with Crippen molar-refractivity contribution < 1.29 is 4.79 Å². The third-order valence-corrected chi connectivity index (χ3v) is 5.00. The molecular weight excluding hydrogens is 290 g/mol.